The van der Waals surface area contributed by atoms with Gasteiger partial charge in [0, 0.05) is 4.47 Å². The maximum atomic E-state index is 11.5. The van der Waals surface area contributed by atoms with Crippen molar-refractivity contribution in [2.24, 2.45) is 5.14 Å². The fourth-order valence-electron chi connectivity index (χ4n) is 2.58. The van der Waals surface area contributed by atoms with Crippen LogP contribution in [0.15, 0.2) is 22.7 Å². The SMILES string of the molecule is CC(C)(C[C@@H]1CCc2c(Br)cccc21)S(N)=O. The van der Waals surface area contributed by atoms with Gasteiger partial charge in [0.05, 0.1) is 15.7 Å². The van der Waals surface area contributed by atoms with Gasteiger partial charge in [0.2, 0.25) is 0 Å². The molecule has 0 aromatic heterocycles. The number of fused-ring (bicyclic) bond motifs is 1. The maximum Gasteiger partial charge on any atom is 0.0945 e. The van der Waals surface area contributed by atoms with Crippen molar-refractivity contribution in [1.82, 2.24) is 0 Å². The number of halogens is 1. The Hall–Kier alpha value is -0.190. The minimum absolute atomic E-state index is 0.311. The molecule has 2 rings (SSSR count). The first kappa shape index (κ1) is 13.2. The van der Waals surface area contributed by atoms with Gasteiger partial charge in [-0.15, -0.1) is 0 Å². The van der Waals surface area contributed by atoms with Gasteiger partial charge in [-0.05, 0) is 56.2 Å². The van der Waals surface area contributed by atoms with Crippen LogP contribution in [0.4, 0.5) is 0 Å². The van der Waals surface area contributed by atoms with E-state index in [-0.39, 0.29) is 4.75 Å². The van der Waals surface area contributed by atoms with E-state index in [1.165, 1.54) is 15.6 Å². The lowest BCUT2D eigenvalue weighted by atomic mass is 9.91. The molecule has 2 atom stereocenters. The van der Waals surface area contributed by atoms with Crippen molar-refractivity contribution in [2.75, 3.05) is 0 Å². The van der Waals surface area contributed by atoms with Gasteiger partial charge in [0.15, 0.2) is 0 Å². The van der Waals surface area contributed by atoms with E-state index in [9.17, 15) is 4.21 Å². The summed E-state index contributed by atoms with van der Waals surface area (Å²) in [6.45, 7) is 3.97. The molecule has 0 spiro atoms. The van der Waals surface area contributed by atoms with Crippen LogP contribution in [0.25, 0.3) is 0 Å². The third kappa shape index (κ3) is 2.64. The molecule has 0 aliphatic heterocycles. The van der Waals surface area contributed by atoms with E-state index in [0.29, 0.717) is 5.92 Å². The highest BCUT2D eigenvalue weighted by molar-refractivity contribution is 9.10. The van der Waals surface area contributed by atoms with Gasteiger partial charge >= 0.3 is 0 Å². The lowest BCUT2D eigenvalue weighted by Gasteiger charge is -2.25. The third-order valence-electron chi connectivity index (χ3n) is 3.62. The second-order valence-electron chi connectivity index (χ2n) is 5.30. The number of nitrogens with two attached hydrogens (primary N) is 1. The number of rotatable bonds is 3. The Kier molecular flexibility index (Phi) is 3.76. The average Bonchev–Trinajstić information content (AvgIpc) is 2.62. The molecule has 0 bridgehead atoms. The molecule has 2 N–H and O–H groups in total. The first-order valence-corrected chi connectivity index (χ1v) is 7.86. The summed E-state index contributed by atoms with van der Waals surface area (Å²) in [5, 5.41) is 5.56. The molecule has 0 heterocycles. The van der Waals surface area contributed by atoms with E-state index < -0.39 is 11.0 Å². The van der Waals surface area contributed by atoms with Gasteiger partial charge in [0.25, 0.3) is 0 Å². The molecular weight excluding hydrogens is 298 g/mol. The van der Waals surface area contributed by atoms with Crippen molar-refractivity contribution in [1.29, 1.82) is 0 Å². The Labute approximate surface area is 114 Å². The fourth-order valence-corrected chi connectivity index (χ4v) is 3.53. The second-order valence-corrected chi connectivity index (χ2v) is 7.86. The van der Waals surface area contributed by atoms with E-state index in [0.717, 1.165) is 19.3 Å². The summed E-state index contributed by atoms with van der Waals surface area (Å²) < 4.78 is 12.4. The molecular formula is C13H18BrNOS. The zero-order chi connectivity index (χ0) is 12.6. The molecule has 0 saturated heterocycles. The molecule has 1 aliphatic rings. The van der Waals surface area contributed by atoms with Gasteiger partial charge in [0.1, 0.15) is 0 Å². The summed E-state index contributed by atoms with van der Waals surface area (Å²) in [5.41, 5.74) is 2.81. The van der Waals surface area contributed by atoms with Crippen molar-refractivity contribution in [2.45, 2.75) is 43.8 Å². The van der Waals surface area contributed by atoms with Crippen molar-refractivity contribution in [3.05, 3.63) is 33.8 Å². The molecule has 0 saturated carbocycles. The summed E-state index contributed by atoms with van der Waals surface area (Å²) >= 11 is 3.60. The molecule has 4 heteroatoms. The van der Waals surface area contributed by atoms with Gasteiger partial charge in [-0.25, -0.2) is 4.21 Å². The fraction of sp³-hybridized carbons (Fsp3) is 0.538. The zero-order valence-electron chi connectivity index (χ0n) is 10.2. The van der Waals surface area contributed by atoms with Gasteiger partial charge in [-0.2, -0.15) is 0 Å². The molecule has 2 nitrogen and oxygen atoms in total. The predicted molar refractivity (Wildman–Crippen MR) is 76.2 cm³/mol. The highest BCUT2D eigenvalue weighted by Crippen LogP contribution is 2.41. The summed E-state index contributed by atoms with van der Waals surface area (Å²) in [4.78, 5) is 0. The highest BCUT2D eigenvalue weighted by atomic mass is 79.9. The van der Waals surface area contributed by atoms with Gasteiger partial charge in [-0.3, -0.25) is 5.14 Å². The summed E-state index contributed by atoms with van der Waals surface area (Å²) in [6.07, 6.45) is 3.13. The summed E-state index contributed by atoms with van der Waals surface area (Å²) in [5.74, 6) is 0.491. The summed E-state index contributed by atoms with van der Waals surface area (Å²) in [6, 6.07) is 6.36. The van der Waals surface area contributed by atoms with E-state index in [1.54, 1.807) is 0 Å². The molecule has 0 amide bonds. The first-order chi connectivity index (χ1) is 7.92. The monoisotopic (exact) mass is 315 g/mol. The Balaban J connectivity index is 2.24. The standard InChI is InChI=1S/C13H18BrNOS/c1-13(2,17(15)16)8-9-6-7-11-10(9)4-3-5-12(11)14/h3-5,9H,6-8,15H2,1-2H3/t9-,17?/m0/s1. The average molecular weight is 316 g/mol. The van der Waals surface area contributed by atoms with Gasteiger partial charge in [-0.1, -0.05) is 28.1 Å². The maximum absolute atomic E-state index is 11.5. The van der Waals surface area contributed by atoms with E-state index in [4.69, 9.17) is 5.14 Å². The quantitative estimate of drug-likeness (QED) is 0.914. The van der Waals surface area contributed by atoms with Crippen molar-refractivity contribution in [3.8, 4) is 0 Å². The topological polar surface area (TPSA) is 43.1 Å². The van der Waals surface area contributed by atoms with Crippen LogP contribution >= 0.6 is 15.9 Å². The molecule has 1 unspecified atom stereocenters. The lowest BCUT2D eigenvalue weighted by Crippen LogP contribution is -2.33. The zero-order valence-corrected chi connectivity index (χ0v) is 12.6. The van der Waals surface area contributed by atoms with Crippen LogP contribution in [-0.4, -0.2) is 8.96 Å². The van der Waals surface area contributed by atoms with Crippen molar-refractivity contribution < 1.29 is 4.21 Å². The minimum Gasteiger partial charge on any atom is -0.251 e. The molecule has 94 valence electrons. The number of benzene rings is 1. The van der Waals surface area contributed by atoms with Gasteiger partial charge < -0.3 is 0 Å². The molecule has 1 aromatic carbocycles. The number of hydrogen-bond acceptors (Lipinski definition) is 1. The number of hydrogen-bond donors (Lipinski definition) is 1. The highest BCUT2D eigenvalue weighted by Gasteiger charge is 2.32. The first-order valence-electron chi connectivity index (χ1n) is 5.85. The normalized spacial score (nSPS) is 21.3. The van der Waals surface area contributed by atoms with Crippen LogP contribution in [0, 0.1) is 0 Å². The van der Waals surface area contributed by atoms with Crippen LogP contribution in [0.2, 0.25) is 0 Å². The molecule has 1 aliphatic carbocycles. The Morgan fingerprint density at radius 1 is 1.53 bits per heavy atom. The lowest BCUT2D eigenvalue weighted by molar-refractivity contribution is 0.515. The minimum atomic E-state index is -1.27. The van der Waals surface area contributed by atoms with Crippen LogP contribution in [0.5, 0.6) is 0 Å². The molecule has 1 aromatic rings. The van der Waals surface area contributed by atoms with E-state index in [2.05, 4.69) is 34.1 Å². The summed E-state index contributed by atoms with van der Waals surface area (Å²) in [7, 11) is -1.27. The van der Waals surface area contributed by atoms with E-state index in [1.807, 2.05) is 13.8 Å². The van der Waals surface area contributed by atoms with Crippen molar-refractivity contribution >= 4 is 26.9 Å². The largest absolute Gasteiger partial charge is 0.251 e. The Morgan fingerprint density at radius 3 is 2.88 bits per heavy atom. The van der Waals surface area contributed by atoms with Crippen molar-refractivity contribution in [3.63, 3.8) is 0 Å². The smallest absolute Gasteiger partial charge is 0.0945 e. The van der Waals surface area contributed by atoms with Crippen LogP contribution < -0.4 is 5.14 Å². The molecule has 0 fully saturated rings. The van der Waals surface area contributed by atoms with E-state index >= 15 is 0 Å². The van der Waals surface area contributed by atoms with Crippen LogP contribution in [0.1, 0.15) is 43.7 Å². The predicted octanol–water partition coefficient (Wildman–Crippen LogP) is 3.27. The third-order valence-corrected chi connectivity index (χ3v) is 5.62. The Bertz CT molecular complexity index is 459. The van der Waals surface area contributed by atoms with Crippen LogP contribution in [0.3, 0.4) is 0 Å². The molecule has 0 radical (unpaired) electrons. The molecule has 17 heavy (non-hydrogen) atoms. The Morgan fingerprint density at radius 2 is 2.24 bits per heavy atom. The van der Waals surface area contributed by atoms with Crippen LogP contribution in [-0.2, 0) is 17.4 Å². The second kappa shape index (κ2) is 4.82.